The lowest BCUT2D eigenvalue weighted by Crippen LogP contribution is -2.47. The van der Waals surface area contributed by atoms with Crippen molar-refractivity contribution in [1.82, 2.24) is 8.61 Å². The molecule has 1 saturated heterocycles. The number of anilines is 1. The van der Waals surface area contributed by atoms with E-state index in [9.17, 15) is 18.0 Å². The van der Waals surface area contributed by atoms with E-state index in [0.29, 0.717) is 30.8 Å². The first-order valence-electron chi connectivity index (χ1n) is 8.45. The van der Waals surface area contributed by atoms with Gasteiger partial charge in [0.2, 0.25) is 5.91 Å². The third kappa shape index (κ3) is 4.76. The van der Waals surface area contributed by atoms with Crippen molar-refractivity contribution in [2.24, 2.45) is 5.92 Å². The third-order valence-electron chi connectivity index (χ3n) is 4.42. The number of piperidine rings is 1. The average Bonchev–Trinajstić information content (AvgIpc) is 2.67. The van der Waals surface area contributed by atoms with E-state index in [2.05, 4.69) is 10.1 Å². The Labute approximate surface area is 159 Å². The maximum atomic E-state index is 12.7. The Hall–Kier alpha value is -2.17. The molecular weight excluding hydrogens is 374 g/mol. The Morgan fingerprint density at radius 1 is 1.26 bits per heavy atom. The van der Waals surface area contributed by atoms with Crippen molar-refractivity contribution in [1.29, 1.82) is 0 Å². The minimum atomic E-state index is -3.57. The number of hydrogen-bond acceptors (Lipinski definition) is 6. The SMILES string of the molecule is COC(=O)c1ccc(OC)c(NC(=O)C2CCCN(S(=O)(=O)N(C)C)C2)c1. The van der Waals surface area contributed by atoms with E-state index in [1.807, 2.05) is 0 Å². The highest BCUT2D eigenvalue weighted by atomic mass is 32.2. The van der Waals surface area contributed by atoms with Gasteiger partial charge in [-0.1, -0.05) is 0 Å². The molecule has 150 valence electrons. The number of methoxy groups -OCH3 is 2. The first kappa shape index (κ1) is 21.1. The highest BCUT2D eigenvalue weighted by Gasteiger charge is 2.33. The van der Waals surface area contributed by atoms with E-state index < -0.39 is 22.1 Å². The number of esters is 1. The summed E-state index contributed by atoms with van der Waals surface area (Å²) in [5, 5.41) is 2.74. The molecule has 1 amide bonds. The molecule has 1 aliphatic heterocycles. The van der Waals surface area contributed by atoms with Gasteiger partial charge in [0.05, 0.1) is 31.4 Å². The van der Waals surface area contributed by atoms with E-state index in [-0.39, 0.29) is 18.0 Å². The van der Waals surface area contributed by atoms with Crippen molar-refractivity contribution in [3.05, 3.63) is 23.8 Å². The van der Waals surface area contributed by atoms with Gasteiger partial charge in [0.25, 0.3) is 10.2 Å². The molecule has 0 spiro atoms. The Balaban J connectivity index is 2.18. The van der Waals surface area contributed by atoms with Crippen LogP contribution in [0.5, 0.6) is 5.75 Å². The zero-order valence-corrected chi connectivity index (χ0v) is 16.7. The highest BCUT2D eigenvalue weighted by molar-refractivity contribution is 7.86. The van der Waals surface area contributed by atoms with Crippen LogP contribution in [-0.2, 0) is 19.7 Å². The quantitative estimate of drug-likeness (QED) is 0.714. The van der Waals surface area contributed by atoms with E-state index >= 15 is 0 Å². The smallest absolute Gasteiger partial charge is 0.337 e. The number of benzene rings is 1. The lowest BCUT2D eigenvalue weighted by Gasteiger charge is -2.32. The molecule has 1 atom stereocenters. The van der Waals surface area contributed by atoms with Crippen LogP contribution in [0.25, 0.3) is 0 Å². The summed E-state index contributed by atoms with van der Waals surface area (Å²) in [5.41, 5.74) is 0.604. The third-order valence-corrected chi connectivity index (χ3v) is 6.33. The van der Waals surface area contributed by atoms with Gasteiger partial charge in [0.15, 0.2) is 0 Å². The predicted octanol–water partition coefficient (Wildman–Crippen LogP) is 0.939. The second-order valence-corrected chi connectivity index (χ2v) is 8.53. The van der Waals surface area contributed by atoms with Crippen molar-refractivity contribution >= 4 is 27.8 Å². The number of nitrogens with zero attached hydrogens (tertiary/aromatic N) is 2. The van der Waals surface area contributed by atoms with Gasteiger partial charge in [0, 0.05) is 27.2 Å². The molecule has 0 bridgehead atoms. The van der Waals surface area contributed by atoms with Gasteiger partial charge in [-0.25, -0.2) is 4.79 Å². The van der Waals surface area contributed by atoms with Crippen LogP contribution in [0.3, 0.4) is 0 Å². The molecule has 1 aliphatic rings. The van der Waals surface area contributed by atoms with Crippen molar-refractivity contribution in [2.45, 2.75) is 12.8 Å². The number of carbonyl (C=O) groups excluding carboxylic acids is 2. The summed E-state index contributed by atoms with van der Waals surface area (Å²) in [6.45, 7) is 0.483. The zero-order chi connectivity index (χ0) is 20.2. The molecule has 10 heteroatoms. The maximum Gasteiger partial charge on any atom is 0.337 e. The summed E-state index contributed by atoms with van der Waals surface area (Å²) in [6.07, 6.45) is 1.16. The molecule has 1 aromatic rings. The topological polar surface area (TPSA) is 105 Å². The largest absolute Gasteiger partial charge is 0.495 e. The molecule has 0 radical (unpaired) electrons. The molecule has 1 heterocycles. The van der Waals surface area contributed by atoms with Crippen LogP contribution in [0, 0.1) is 5.92 Å². The predicted molar refractivity (Wildman–Crippen MR) is 99.9 cm³/mol. The molecule has 0 aliphatic carbocycles. The summed E-state index contributed by atoms with van der Waals surface area (Å²) in [4.78, 5) is 24.4. The number of rotatable bonds is 6. The Morgan fingerprint density at radius 3 is 2.56 bits per heavy atom. The molecule has 9 nitrogen and oxygen atoms in total. The molecule has 27 heavy (non-hydrogen) atoms. The van der Waals surface area contributed by atoms with Gasteiger partial charge in [-0.05, 0) is 31.0 Å². The second-order valence-electron chi connectivity index (χ2n) is 6.38. The van der Waals surface area contributed by atoms with Gasteiger partial charge in [-0.3, -0.25) is 4.79 Å². The van der Waals surface area contributed by atoms with Crippen LogP contribution in [0.2, 0.25) is 0 Å². The van der Waals surface area contributed by atoms with Crippen LogP contribution in [0.1, 0.15) is 23.2 Å². The minimum Gasteiger partial charge on any atom is -0.495 e. The summed E-state index contributed by atoms with van der Waals surface area (Å²) in [5.74, 6) is -0.965. The van der Waals surface area contributed by atoms with Crippen molar-refractivity contribution in [2.75, 3.05) is 46.7 Å². The standard InChI is InChI=1S/C17H25N3O6S/c1-19(2)27(23,24)20-9-5-6-13(11-20)16(21)18-14-10-12(17(22)26-4)7-8-15(14)25-3/h7-8,10,13H,5-6,9,11H2,1-4H3,(H,18,21). The minimum absolute atomic E-state index is 0.103. The van der Waals surface area contributed by atoms with Gasteiger partial charge >= 0.3 is 5.97 Å². The molecule has 1 N–H and O–H groups in total. The van der Waals surface area contributed by atoms with E-state index in [1.54, 1.807) is 6.07 Å². The van der Waals surface area contributed by atoms with Crippen LogP contribution in [-0.4, -0.2) is 70.3 Å². The molecule has 1 fully saturated rings. The Morgan fingerprint density at radius 2 is 1.96 bits per heavy atom. The average molecular weight is 399 g/mol. The van der Waals surface area contributed by atoms with Crippen molar-refractivity contribution in [3.63, 3.8) is 0 Å². The normalized spacial score (nSPS) is 18.2. The lowest BCUT2D eigenvalue weighted by molar-refractivity contribution is -0.120. The fourth-order valence-electron chi connectivity index (χ4n) is 2.88. The molecule has 0 saturated carbocycles. The van der Waals surface area contributed by atoms with E-state index in [4.69, 9.17) is 4.74 Å². The number of hydrogen-bond donors (Lipinski definition) is 1. The molecule has 0 aromatic heterocycles. The molecule has 1 unspecified atom stereocenters. The number of carbonyl (C=O) groups is 2. The summed E-state index contributed by atoms with van der Waals surface area (Å²) in [6, 6.07) is 4.57. The van der Waals surface area contributed by atoms with Crippen LogP contribution >= 0.6 is 0 Å². The monoisotopic (exact) mass is 399 g/mol. The maximum absolute atomic E-state index is 12.7. The Bertz CT molecular complexity index is 809. The second kappa shape index (κ2) is 8.68. The van der Waals surface area contributed by atoms with Crippen molar-refractivity contribution < 1.29 is 27.5 Å². The van der Waals surface area contributed by atoms with Crippen molar-refractivity contribution in [3.8, 4) is 5.75 Å². The Kier molecular flexibility index (Phi) is 6.79. The van der Waals surface area contributed by atoms with Gasteiger partial charge in [0.1, 0.15) is 5.75 Å². The lowest BCUT2D eigenvalue weighted by atomic mass is 9.98. The molecule has 1 aromatic carbocycles. The summed E-state index contributed by atoms with van der Waals surface area (Å²) < 4.78 is 37.0. The van der Waals surface area contributed by atoms with Crippen LogP contribution in [0.4, 0.5) is 5.69 Å². The molecular formula is C17H25N3O6S. The number of nitrogens with one attached hydrogen (secondary N) is 1. The van der Waals surface area contributed by atoms with Crippen LogP contribution in [0.15, 0.2) is 18.2 Å². The molecule has 2 rings (SSSR count). The zero-order valence-electron chi connectivity index (χ0n) is 15.9. The number of amides is 1. The van der Waals surface area contributed by atoms with Gasteiger partial charge < -0.3 is 14.8 Å². The van der Waals surface area contributed by atoms with Crippen LogP contribution < -0.4 is 10.1 Å². The van der Waals surface area contributed by atoms with E-state index in [1.165, 1.54) is 44.8 Å². The van der Waals surface area contributed by atoms with Gasteiger partial charge in [-0.2, -0.15) is 17.0 Å². The van der Waals surface area contributed by atoms with E-state index in [0.717, 1.165) is 4.31 Å². The first-order valence-corrected chi connectivity index (χ1v) is 9.85. The van der Waals surface area contributed by atoms with Gasteiger partial charge in [-0.15, -0.1) is 0 Å². The first-order chi connectivity index (χ1) is 12.7. The number of ether oxygens (including phenoxy) is 2. The highest BCUT2D eigenvalue weighted by Crippen LogP contribution is 2.28. The fourth-order valence-corrected chi connectivity index (χ4v) is 4.07. The summed E-state index contributed by atoms with van der Waals surface area (Å²) >= 11 is 0. The summed E-state index contributed by atoms with van der Waals surface area (Å²) in [7, 11) is 2.07. The fraction of sp³-hybridized carbons (Fsp3) is 0.529.